The van der Waals surface area contributed by atoms with Gasteiger partial charge in [-0.1, -0.05) is 24.3 Å². The van der Waals surface area contributed by atoms with Gasteiger partial charge in [-0.05, 0) is 5.56 Å². The van der Waals surface area contributed by atoms with Gasteiger partial charge < -0.3 is 10.1 Å². The van der Waals surface area contributed by atoms with Crippen molar-refractivity contribution in [3.05, 3.63) is 42.2 Å². The number of ether oxygens (including phenoxy) is 1. The van der Waals surface area contributed by atoms with E-state index in [9.17, 15) is 4.79 Å². The molecule has 1 aromatic heterocycles. The Bertz CT molecular complexity index is 625. The van der Waals surface area contributed by atoms with Crippen molar-refractivity contribution in [2.24, 2.45) is 0 Å². The lowest BCUT2D eigenvalue weighted by Gasteiger charge is -2.10. The Balaban J connectivity index is 1.87. The number of hydrogen-bond donors (Lipinski definition) is 1. The topological polar surface area (TPSA) is 64.1 Å². The second kappa shape index (κ2) is 5.28. The Morgan fingerprint density at radius 3 is 2.60 bits per heavy atom. The second-order valence-corrected chi connectivity index (χ2v) is 4.74. The van der Waals surface area contributed by atoms with Gasteiger partial charge in [-0.2, -0.15) is 0 Å². The van der Waals surface area contributed by atoms with Crippen molar-refractivity contribution in [1.82, 2.24) is 15.3 Å². The van der Waals surface area contributed by atoms with Crippen molar-refractivity contribution in [3.63, 3.8) is 0 Å². The molecule has 0 aliphatic carbocycles. The van der Waals surface area contributed by atoms with Crippen molar-refractivity contribution in [2.45, 2.75) is 12.3 Å². The molecule has 2 heterocycles. The molecule has 3 rings (SSSR count). The number of carbonyl (C=O) groups excluding carboxylic acids is 1. The van der Waals surface area contributed by atoms with E-state index in [1.54, 1.807) is 19.5 Å². The highest BCUT2D eigenvalue weighted by Crippen LogP contribution is 2.28. The number of carbonyl (C=O) groups is 1. The van der Waals surface area contributed by atoms with Crippen LogP contribution in [0.5, 0.6) is 5.88 Å². The lowest BCUT2D eigenvalue weighted by atomic mass is 9.96. The first-order valence-electron chi connectivity index (χ1n) is 6.50. The quantitative estimate of drug-likeness (QED) is 0.922. The van der Waals surface area contributed by atoms with Crippen molar-refractivity contribution < 1.29 is 9.53 Å². The number of hydrogen-bond acceptors (Lipinski definition) is 4. The maximum atomic E-state index is 11.3. The second-order valence-electron chi connectivity index (χ2n) is 4.74. The van der Waals surface area contributed by atoms with Crippen LogP contribution in [0.15, 0.2) is 36.7 Å². The molecule has 102 valence electrons. The fourth-order valence-electron chi connectivity index (χ4n) is 2.43. The number of aromatic nitrogens is 2. The van der Waals surface area contributed by atoms with Gasteiger partial charge in [-0.25, -0.2) is 9.97 Å². The van der Waals surface area contributed by atoms with Gasteiger partial charge in [0.1, 0.15) is 5.69 Å². The molecule has 20 heavy (non-hydrogen) atoms. The van der Waals surface area contributed by atoms with Gasteiger partial charge in [0.25, 0.3) is 0 Å². The molecule has 1 N–H and O–H groups in total. The highest BCUT2D eigenvalue weighted by Gasteiger charge is 2.22. The maximum Gasteiger partial charge on any atom is 0.240 e. The van der Waals surface area contributed by atoms with Crippen LogP contribution in [-0.4, -0.2) is 29.5 Å². The zero-order valence-electron chi connectivity index (χ0n) is 11.2. The first-order chi connectivity index (χ1) is 9.78. The van der Waals surface area contributed by atoms with Crippen LogP contribution in [0, 0.1) is 0 Å². The predicted octanol–water partition coefficient (Wildman–Crippen LogP) is 1.76. The fourth-order valence-corrected chi connectivity index (χ4v) is 2.43. The average molecular weight is 269 g/mol. The molecule has 1 amide bonds. The Morgan fingerprint density at radius 1 is 1.20 bits per heavy atom. The molecule has 0 bridgehead atoms. The highest BCUT2D eigenvalue weighted by molar-refractivity contribution is 5.79. The summed E-state index contributed by atoms with van der Waals surface area (Å²) in [5, 5.41) is 2.85. The summed E-state index contributed by atoms with van der Waals surface area (Å²) >= 11 is 0. The van der Waals surface area contributed by atoms with E-state index in [0.717, 1.165) is 16.8 Å². The smallest absolute Gasteiger partial charge is 0.240 e. The number of rotatable bonds is 3. The summed E-state index contributed by atoms with van der Waals surface area (Å²) in [6, 6.07) is 8.05. The fraction of sp³-hybridized carbons (Fsp3) is 0.267. The largest absolute Gasteiger partial charge is 0.479 e. The van der Waals surface area contributed by atoms with Crippen LogP contribution in [0.3, 0.4) is 0 Å². The van der Waals surface area contributed by atoms with Crippen LogP contribution < -0.4 is 10.1 Å². The molecule has 0 radical (unpaired) electrons. The summed E-state index contributed by atoms with van der Waals surface area (Å²) in [5.74, 6) is 0.896. The summed E-state index contributed by atoms with van der Waals surface area (Å²) in [4.78, 5) is 19.7. The van der Waals surface area contributed by atoms with Crippen molar-refractivity contribution in [3.8, 4) is 17.1 Å². The third kappa shape index (κ3) is 2.34. The van der Waals surface area contributed by atoms with E-state index in [1.807, 2.05) is 24.3 Å². The Kier molecular flexibility index (Phi) is 3.33. The van der Waals surface area contributed by atoms with Gasteiger partial charge >= 0.3 is 0 Å². The molecular weight excluding hydrogens is 254 g/mol. The lowest BCUT2D eigenvalue weighted by Crippen LogP contribution is -2.13. The minimum absolute atomic E-state index is 0.120. The summed E-state index contributed by atoms with van der Waals surface area (Å²) in [5.41, 5.74) is 2.84. The SMILES string of the molecule is COc1nccnc1-c1ccc(C2CNC(=O)C2)cc1. The molecule has 1 saturated heterocycles. The van der Waals surface area contributed by atoms with Crippen LogP contribution in [0.1, 0.15) is 17.9 Å². The number of benzene rings is 1. The molecule has 1 unspecified atom stereocenters. The van der Waals surface area contributed by atoms with Crippen LogP contribution in [0.4, 0.5) is 0 Å². The molecule has 0 spiro atoms. The van der Waals surface area contributed by atoms with Crippen molar-refractivity contribution in [1.29, 1.82) is 0 Å². The Morgan fingerprint density at radius 2 is 1.95 bits per heavy atom. The van der Waals surface area contributed by atoms with Crippen molar-refractivity contribution >= 4 is 5.91 Å². The summed E-state index contributed by atoms with van der Waals surface area (Å²) < 4.78 is 5.22. The predicted molar refractivity (Wildman–Crippen MR) is 74.4 cm³/mol. The monoisotopic (exact) mass is 269 g/mol. The number of methoxy groups -OCH3 is 1. The van der Waals surface area contributed by atoms with E-state index in [4.69, 9.17) is 4.74 Å². The molecule has 1 aliphatic heterocycles. The van der Waals surface area contributed by atoms with Gasteiger partial charge in [-0.3, -0.25) is 4.79 Å². The first-order valence-corrected chi connectivity index (χ1v) is 6.50. The third-order valence-electron chi connectivity index (χ3n) is 3.49. The molecule has 0 saturated carbocycles. The van der Waals surface area contributed by atoms with E-state index in [2.05, 4.69) is 15.3 Å². The van der Waals surface area contributed by atoms with E-state index in [1.165, 1.54) is 0 Å². The lowest BCUT2D eigenvalue weighted by molar-refractivity contribution is -0.119. The van der Waals surface area contributed by atoms with E-state index >= 15 is 0 Å². The van der Waals surface area contributed by atoms with E-state index < -0.39 is 0 Å². The standard InChI is InChI=1S/C15H15N3O2/c1-20-15-14(16-6-7-17-15)11-4-2-10(3-5-11)12-8-13(19)18-9-12/h2-7,12H,8-9H2,1H3,(H,18,19). The number of amides is 1. The molecular formula is C15H15N3O2. The summed E-state index contributed by atoms with van der Waals surface area (Å²) in [6.07, 6.45) is 3.81. The third-order valence-corrected chi connectivity index (χ3v) is 3.49. The van der Waals surface area contributed by atoms with Gasteiger partial charge in [0.2, 0.25) is 11.8 Å². The maximum absolute atomic E-state index is 11.3. The van der Waals surface area contributed by atoms with Gasteiger partial charge in [0, 0.05) is 36.8 Å². The molecule has 1 aliphatic rings. The van der Waals surface area contributed by atoms with Crippen LogP contribution in [0.2, 0.25) is 0 Å². The van der Waals surface area contributed by atoms with Crippen LogP contribution in [0.25, 0.3) is 11.3 Å². The van der Waals surface area contributed by atoms with Crippen LogP contribution >= 0.6 is 0 Å². The molecule has 5 nitrogen and oxygen atoms in total. The molecule has 2 aromatic rings. The molecule has 1 atom stereocenters. The zero-order valence-corrected chi connectivity index (χ0v) is 11.2. The highest BCUT2D eigenvalue weighted by atomic mass is 16.5. The number of nitrogens with one attached hydrogen (secondary N) is 1. The minimum Gasteiger partial charge on any atom is -0.479 e. The van der Waals surface area contributed by atoms with Crippen molar-refractivity contribution in [2.75, 3.05) is 13.7 Å². The minimum atomic E-state index is 0.120. The van der Waals surface area contributed by atoms with Gasteiger partial charge in [0.05, 0.1) is 7.11 Å². The van der Waals surface area contributed by atoms with Gasteiger partial charge in [-0.15, -0.1) is 0 Å². The van der Waals surface area contributed by atoms with E-state index in [-0.39, 0.29) is 11.8 Å². The van der Waals surface area contributed by atoms with Crippen LogP contribution in [-0.2, 0) is 4.79 Å². The molecule has 5 heteroatoms. The molecule has 1 aromatic carbocycles. The Hall–Kier alpha value is -2.43. The zero-order chi connectivity index (χ0) is 13.9. The first kappa shape index (κ1) is 12.6. The summed E-state index contributed by atoms with van der Waals surface area (Å²) in [7, 11) is 1.58. The Labute approximate surface area is 117 Å². The summed E-state index contributed by atoms with van der Waals surface area (Å²) in [6.45, 7) is 0.715. The van der Waals surface area contributed by atoms with E-state index in [0.29, 0.717) is 18.8 Å². The van der Waals surface area contributed by atoms with Gasteiger partial charge in [0.15, 0.2) is 0 Å². The molecule has 1 fully saturated rings. The normalized spacial score (nSPS) is 17.9. The average Bonchev–Trinajstić information content (AvgIpc) is 2.94. The number of nitrogens with zero attached hydrogens (tertiary/aromatic N) is 2.